The first-order valence-corrected chi connectivity index (χ1v) is 8.07. The number of halogens is 1. The van der Waals surface area contributed by atoms with Crippen molar-refractivity contribution in [3.05, 3.63) is 41.5 Å². The van der Waals surface area contributed by atoms with E-state index < -0.39 is 6.10 Å². The molecule has 134 valence electrons. The molecule has 1 atom stereocenters. The van der Waals surface area contributed by atoms with Gasteiger partial charge >= 0.3 is 0 Å². The van der Waals surface area contributed by atoms with Crippen LogP contribution < -0.4 is 5.32 Å². The molecule has 0 radical (unpaired) electrons. The summed E-state index contributed by atoms with van der Waals surface area (Å²) in [4.78, 5) is 12.6. The minimum Gasteiger partial charge on any atom is -0.393 e. The summed E-state index contributed by atoms with van der Waals surface area (Å²) in [5.41, 5.74) is 0.858. The van der Waals surface area contributed by atoms with Gasteiger partial charge in [-0.1, -0.05) is 26.0 Å². The third-order valence-electron chi connectivity index (χ3n) is 3.75. The third-order valence-corrected chi connectivity index (χ3v) is 3.75. The second kappa shape index (κ2) is 8.48. The molecule has 0 saturated carbocycles. The first-order valence-electron chi connectivity index (χ1n) is 8.07. The minimum absolute atomic E-state index is 0.118. The Labute approximate surface area is 145 Å². The Balaban J connectivity index is 2.19. The molecule has 1 aromatic carbocycles. The largest absolute Gasteiger partial charge is 0.393 e. The molecule has 0 bridgehead atoms. The van der Waals surface area contributed by atoms with E-state index in [0.717, 1.165) is 0 Å². The lowest BCUT2D eigenvalue weighted by molar-refractivity contribution is -0.116. The van der Waals surface area contributed by atoms with Crippen LogP contribution in [0.4, 0.5) is 4.39 Å². The maximum Gasteiger partial charge on any atom is 0.270 e. The number of hydrogen-bond acceptors (Lipinski definition) is 5. The van der Waals surface area contributed by atoms with Crippen LogP contribution in [0.2, 0.25) is 0 Å². The van der Waals surface area contributed by atoms with Gasteiger partial charge in [0, 0.05) is 6.54 Å². The first-order chi connectivity index (χ1) is 11.9. The highest BCUT2D eigenvalue weighted by molar-refractivity contribution is 6.18. The molecule has 1 heterocycles. The van der Waals surface area contributed by atoms with E-state index in [0.29, 0.717) is 24.4 Å². The lowest BCUT2D eigenvalue weighted by Crippen LogP contribution is -2.31. The molecule has 1 amide bonds. The molecule has 2 aromatic rings. The molecule has 0 spiro atoms. The van der Waals surface area contributed by atoms with Crippen molar-refractivity contribution in [2.24, 2.45) is 5.92 Å². The number of rotatable bonds is 7. The fraction of sp³-hybridized carbons (Fsp3) is 0.412. The van der Waals surface area contributed by atoms with E-state index in [1.165, 1.54) is 16.8 Å². The topological polar surface area (TPSA) is 92.9 Å². The SMILES string of the molecule is Cc1nnnn1C(=Cc1ccc(F)cc1)C(=O)NCCC(O)C(C)C. The van der Waals surface area contributed by atoms with Crippen LogP contribution in [0, 0.1) is 18.7 Å². The molecule has 8 heteroatoms. The smallest absolute Gasteiger partial charge is 0.270 e. The van der Waals surface area contributed by atoms with Crippen LogP contribution in [0.3, 0.4) is 0 Å². The molecule has 0 fully saturated rings. The van der Waals surface area contributed by atoms with Gasteiger partial charge in [0.1, 0.15) is 11.5 Å². The van der Waals surface area contributed by atoms with Gasteiger partial charge in [-0.25, -0.2) is 4.39 Å². The van der Waals surface area contributed by atoms with Crippen molar-refractivity contribution in [3.63, 3.8) is 0 Å². The molecule has 0 aliphatic carbocycles. The predicted octanol–water partition coefficient (Wildman–Crippen LogP) is 1.64. The van der Waals surface area contributed by atoms with Gasteiger partial charge in [0.05, 0.1) is 6.10 Å². The van der Waals surface area contributed by atoms with E-state index >= 15 is 0 Å². The van der Waals surface area contributed by atoms with Crippen molar-refractivity contribution in [2.45, 2.75) is 33.3 Å². The van der Waals surface area contributed by atoms with Crippen molar-refractivity contribution < 1.29 is 14.3 Å². The van der Waals surface area contributed by atoms with Crippen molar-refractivity contribution >= 4 is 17.7 Å². The van der Waals surface area contributed by atoms with Crippen LogP contribution in [0.1, 0.15) is 31.7 Å². The highest BCUT2D eigenvalue weighted by Gasteiger charge is 2.17. The van der Waals surface area contributed by atoms with Gasteiger partial charge in [-0.05, 0) is 53.5 Å². The quantitative estimate of drug-likeness (QED) is 0.743. The number of hydrogen-bond donors (Lipinski definition) is 2. The van der Waals surface area contributed by atoms with E-state index in [-0.39, 0.29) is 23.3 Å². The van der Waals surface area contributed by atoms with Gasteiger partial charge in [0.25, 0.3) is 5.91 Å². The predicted molar refractivity (Wildman–Crippen MR) is 91.6 cm³/mol. The molecule has 0 aliphatic heterocycles. The van der Waals surface area contributed by atoms with Gasteiger partial charge < -0.3 is 10.4 Å². The van der Waals surface area contributed by atoms with Crippen LogP contribution in [-0.4, -0.2) is 43.9 Å². The minimum atomic E-state index is -0.486. The fourth-order valence-corrected chi connectivity index (χ4v) is 2.15. The molecule has 2 rings (SSSR count). The van der Waals surface area contributed by atoms with Crippen molar-refractivity contribution in [1.29, 1.82) is 0 Å². The van der Waals surface area contributed by atoms with Gasteiger partial charge in [-0.3, -0.25) is 4.79 Å². The Morgan fingerprint density at radius 1 is 1.36 bits per heavy atom. The second-order valence-corrected chi connectivity index (χ2v) is 6.07. The Morgan fingerprint density at radius 3 is 2.60 bits per heavy atom. The normalized spacial score (nSPS) is 13.1. The summed E-state index contributed by atoms with van der Waals surface area (Å²) in [7, 11) is 0. The maximum absolute atomic E-state index is 13.1. The number of nitrogens with zero attached hydrogens (tertiary/aromatic N) is 4. The summed E-state index contributed by atoms with van der Waals surface area (Å²) in [5.74, 6) is -0.168. The molecular formula is C17H22FN5O2. The van der Waals surface area contributed by atoms with Crippen LogP contribution in [0.25, 0.3) is 11.8 Å². The molecule has 0 aliphatic rings. The van der Waals surface area contributed by atoms with Crippen LogP contribution in [-0.2, 0) is 4.79 Å². The maximum atomic E-state index is 13.1. The Kier molecular flexibility index (Phi) is 6.35. The summed E-state index contributed by atoms with van der Waals surface area (Å²) in [5, 5.41) is 23.8. The van der Waals surface area contributed by atoms with E-state index in [2.05, 4.69) is 20.8 Å². The van der Waals surface area contributed by atoms with Gasteiger partial charge in [0.2, 0.25) is 0 Å². The monoisotopic (exact) mass is 347 g/mol. The first kappa shape index (κ1) is 18.7. The number of nitrogens with one attached hydrogen (secondary N) is 1. The number of carbonyl (C=O) groups excluding carboxylic acids is 1. The number of aryl methyl sites for hydroxylation is 1. The lowest BCUT2D eigenvalue weighted by atomic mass is 10.0. The zero-order valence-electron chi connectivity index (χ0n) is 14.5. The number of aromatic nitrogens is 4. The average molecular weight is 347 g/mol. The number of benzene rings is 1. The van der Waals surface area contributed by atoms with Crippen LogP contribution >= 0.6 is 0 Å². The van der Waals surface area contributed by atoms with E-state index in [4.69, 9.17) is 0 Å². The third kappa shape index (κ3) is 5.18. The van der Waals surface area contributed by atoms with Crippen molar-refractivity contribution in [1.82, 2.24) is 25.5 Å². The van der Waals surface area contributed by atoms with Crippen molar-refractivity contribution in [2.75, 3.05) is 6.54 Å². The van der Waals surface area contributed by atoms with E-state index in [9.17, 15) is 14.3 Å². The second-order valence-electron chi connectivity index (χ2n) is 6.07. The highest BCUT2D eigenvalue weighted by atomic mass is 19.1. The molecule has 7 nitrogen and oxygen atoms in total. The standard InChI is InChI=1S/C17H22FN5O2/c1-11(2)16(24)8-9-19-17(25)15(23-12(3)20-21-22-23)10-13-4-6-14(18)7-5-13/h4-7,10-11,16,24H,8-9H2,1-3H3,(H,19,25). The Hall–Kier alpha value is -2.61. The number of tetrazole rings is 1. The lowest BCUT2D eigenvalue weighted by Gasteiger charge is -2.15. The van der Waals surface area contributed by atoms with Crippen LogP contribution in [0.15, 0.2) is 24.3 Å². The molecule has 1 aromatic heterocycles. The number of aliphatic hydroxyl groups excluding tert-OH is 1. The highest BCUT2D eigenvalue weighted by Crippen LogP contribution is 2.13. The Bertz CT molecular complexity index is 740. The van der Waals surface area contributed by atoms with Gasteiger partial charge in [0.15, 0.2) is 5.82 Å². The fourth-order valence-electron chi connectivity index (χ4n) is 2.15. The summed E-state index contributed by atoms with van der Waals surface area (Å²) in [6, 6.07) is 5.75. The molecular weight excluding hydrogens is 325 g/mol. The molecule has 1 unspecified atom stereocenters. The number of amides is 1. The molecule has 25 heavy (non-hydrogen) atoms. The summed E-state index contributed by atoms with van der Waals surface area (Å²) in [6.07, 6.45) is 1.54. The van der Waals surface area contributed by atoms with Crippen LogP contribution in [0.5, 0.6) is 0 Å². The Morgan fingerprint density at radius 2 is 2.04 bits per heavy atom. The average Bonchev–Trinajstić information content (AvgIpc) is 2.99. The summed E-state index contributed by atoms with van der Waals surface area (Å²) >= 11 is 0. The van der Waals surface area contributed by atoms with Gasteiger partial charge in [-0.2, -0.15) is 4.68 Å². The number of aliphatic hydroxyl groups is 1. The zero-order valence-corrected chi connectivity index (χ0v) is 14.5. The molecule has 0 saturated heterocycles. The van der Waals surface area contributed by atoms with E-state index in [1.807, 2.05) is 13.8 Å². The zero-order chi connectivity index (χ0) is 18.4. The summed E-state index contributed by atoms with van der Waals surface area (Å²) in [6.45, 7) is 5.82. The summed E-state index contributed by atoms with van der Waals surface area (Å²) < 4.78 is 14.4. The molecule has 2 N–H and O–H groups in total. The van der Waals surface area contributed by atoms with E-state index in [1.54, 1.807) is 25.1 Å². The van der Waals surface area contributed by atoms with Gasteiger partial charge in [-0.15, -0.1) is 5.10 Å². The van der Waals surface area contributed by atoms with Crippen molar-refractivity contribution in [3.8, 4) is 0 Å². The number of carbonyl (C=O) groups is 1.